The van der Waals surface area contributed by atoms with Crippen LogP contribution in [0.1, 0.15) is 20.3 Å². The van der Waals surface area contributed by atoms with Gasteiger partial charge in [-0.05, 0) is 0 Å². The van der Waals surface area contributed by atoms with Gasteiger partial charge in [-0.15, -0.1) is 6.42 Å². The molecule has 1 N–H and O–H groups in total. The molecular weight excluding hydrogens is 154 g/mol. The van der Waals surface area contributed by atoms with E-state index in [4.69, 9.17) is 6.42 Å². The van der Waals surface area contributed by atoms with Crippen LogP contribution in [0.5, 0.6) is 0 Å². The van der Waals surface area contributed by atoms with E-state index in [0.717, 1.165) is 0 Å². The van der Waals surface area contributed by atoms with Crippen molar-refractivity contribution in [2.75, 3.05) is 6.54 Å². The lowest BCUT2D eigenvalue weighted by Gasteiger charge is -2.04. The van der Waals surface area contributed by atoms with Crippen molar-refractivity contribution < 1.29 is 9.59 Å². The quantitative estimate of drug-likeness (QED) is 0.614. The Morgan fingerprint density at radius 3 is 2.50 bits per heavy atom. The smallest absolute Gasteiger partial charge is 0.232 e. The highest BCUT2D eigenvalue weighted by atomic mass is 16.2. The molecule has 0 heterocycles. The molecule has 0 atom stereocenters. The predicted octanol–water partition coefficient (Wildman–Crippen LogP) is 0.351. The summed E-state index contributed by atoms with van der Waals surface area (Å²) in [5.74, 6) is 1.89. The van der Waals surface area contributed by atoms with E-state index in [1.165, 1.54) is 0 Å². The van der Waals surface area contributed by atoms with Gasteiger partial charge in [0.05, 0.1) is 13.0 Å². The summed E-state index contributed by atoms with van der Waals surface area (Å²) in [5.41, 5.74) is 0. The van der Waals surface area contributed by atoms with Gasteiger partial charge in [0.2, 0.25) is 5.91 Å². The zero-order chi connectivity index (χ0) is 9.56. The van der Waals surface area contributed by atoms with Gasteiger partial charge in [-0.25, -0.2) is 0 Å². The molecule has 0 aromatic heterocycles. The molecule has 0 rings (SSSR count). The van der Waals surface area contributed by atoms with Crippen molar-refractivity contribution in [3.63, 3.8) is 0 Å². The Bertz CT molecular complexity index is 213. The molecule has 0 saturated heterocycles. The molecule has 66 valence electrons. The Hall–Kier alpha value is -1.30. The zero-order valence-electron chi connectivity index (χ0n) is 7.39. The number of ketones is 1. The predicted molar refractivity (Wildman–Crippen MR) is 46.3 cm³/mol. The second-order valence-corrected chi connectivity index (χ2v) is 2.78. The van der Waals surface area contributed by atoms with Gasteiger partial charge in [-0.2, -0.15) is 0 Å². The van der Waals surface area contributed by atoms with Crippen molar-refractivity contribution in [1.82, 2.24) is 5.32 Å². The summed E-state index contributed by atoms with van der Waals surface area (Å²) in [7, 11) is 0. The maximum atomic E-state index is 11.0. The highest BCUT2D eigenvalue weighted by Crippen LogP contribution is 1.91. The SMILES string of the molecule is C#CCC(=O)NCC(=O)C(C)C. The van der Waals surface area contributed by atoms with Crippen LogP contribution in [-0.4, -0.2) is 18.2 Å². The van der Waals surface area contributed by atoms with Crippen molar-refractivity contribution in [1.29, 1.82) is 0 Å². The standard InChI is InChI=1S/C9H13NO2/c1-4-5-9(12)10-6-8(11)7(2)3/h1,7H,5-6H2,2-3H3,(H,10,12). The Morgan fingerprint density at radius 1 is 1.50 bits per heavy atom. The van der Waals surface area contributed by atoms with E-state index in [0.29, 0.717) is 0 Å². The number of nitrogens with one attached hydrogen (secondary N) is 1. The summed E-state index contributed by atoms with van der Waals surface area (Å²) >= 11 is 0. The number of hydrogen-bond acceptors (Lipinski definition) is 2. The maximum Gasteiger partial charge on any atom is 0.232 e. The van der Waals surface area contributed by atoms with E-state index in [-0.39, 0.29) is 30.6 Å². The van der Waals surface area contributed by atoms with E-state index in [1.807, 2.05) is 0 Å². The van der Waals surface area contributed by atoms with Gasteiger partial charge in [0.25, 0.3) is 0 Å². The first-order valence-electron chi connectivity index (χ1n) is 3.80. The van der Waals surface area contributed by atoms with E-state index in [9.17, 15) is 9.59 Å². The fourth-order valence-corrected chi connectivity index (χ4v) is 0.545. The number of Topliss-reactive ketones (excluding diaryl/α,β-unsaturated/α-hetero) is 1. The molecule has 12 heavy (non-hydrogen) atoms. The molecule has 0 saturated carbocycles. The van der Waals surface area contributed by atoms with Crippen LogP contribution >= 0.6 is 0 Å². The lowest BCUT2D eigenvalue weighted by molar-refractivity contribution is -0.125. The number of carbonyl (C=O) groups is 2. The first-order chi connectivity index (χ1) is 5.57. The van der Waals surface area contributed by atoms with Crippen LogP contribution < -0.4 is 5.32 Å². The molecule has 0 unspecified atom stereocenters. The highest BCUT2D eigenvalue weighted by molar-refractivity contribution is 5.87. The highest BCUT2D eigenvalue weighted by Gasteiger charge is 2.07. The van der Waals surface area contributed by atoms with Crippen molar-refractivity contribution in [3.05, 3.63) is 0 Å². The second kappa shape index (κ2) is 5.36. The second-order valence-electron chi connectivity index (χ2n) is 2.78. The minimum absolute atomic E-state index is 0.0142. The number of amides is 1. The summed E-state index contributed by atoms with van der Waals surface area (Å²) in [6.45, 7) is 3.66. The molecule has 0 aliphatic carbocycles. The molecule has 0 bridgehead atoms. The monoisotopic (exact) mass is 167 g/mol. The Balaban J connectivity index is 3.63. The molecule has 0 aliphatic heterocycles. The van der Waals surface area contributed by atoms with Gasteiger partial charge < -0.3 is 5.32 Å². The van der Waals surface area contributed by atoms with Gasteiger partial charge in [-0.3, -0.25) is 9.59 Å². The van der Waals surface area contributed by atoms with Crippen molar-refractivity contribution in [2.24, 2.45) is 5.92 Å². The Labute approximate surface area is 72.5 Å². The zero-order valence-corrected chi connectivity index (χ0v) is 7.39. The lowest BCUT2D eigenvalue weighted by atomic mass is 10.1. The van der Waals surface area contributed by atoms with E-state index < -0.39 is 0 Å². The van der Waals surface area contributed by atoms with Gasteiger partial charge in [0.1, 0.15) is 0 Å². The van der Waals surface area contributed by atoms with Crippen LogP contribution in [0.4, 0.5) is 0 Å². The average Bonchev–Trinajstić information content (AvgIpc) is 2.00. The van der Waals surface area contributed by atoms with Crippen LogP contribution in [0.2, 0.25) is 0 Å². The normalized spacial score (nSPS) is 9.17. The molecule has 3 nitrogen and oxygen atoms in total. The fourth-order valence-electron chi connectivity index (χ4n) is 0.545. The number of hydrogen-bond donors (Lipinski definition) is 1. The average molecular weight is 167 g/mol. The Kier molecular flexibility index (Phi) is 4.78. The maximum absolute atomic E-state index is 11.0. The van der Waals surface area contributed by atoms with Crippen molar-refractivity contribution in [3.8, 4) is 12.3 Å². The molecule has 0 aromatic carbocycles. The third-order valence-corrected chi connectivity index (χ3v) is 1.37. The fraction of sp³-hybridized carbons (Fsp3) is 0.556. The first-order valence-corrected chi connectivity index (χ1v) is 3.80. The lowest BCUT2D eigenvalue weighted by Crippen LogP contribution is -2.31. The molecule has 0 spiro atoms. The molecule has 3 heteroatoms. The molecule has 0 aromatic rings. The summed E-state index contributed by atoms with van der Waals surface area (Å²) in [6, 6.07) is 0. The minimum Gasteiger partial charge on any atom is -0.348 e. The van der Waals surface area contributed by atoms with Gasteiger partial charge in [0.15, 0.2) is 5.78 Å². The van der Waals surface area contributed by atoms with Crippen LogP contribution in [0, 0.1) is 18.3 Å². The van der Waals surface area contributed by atoms with Crippen LogP contribution in [0.15, 0.2) is 0 Å². The van der Waals surface area contributed by atoms with Crippen LogP contribution in [0.3, 0.4) is 0 Å². The molecular formula is C9H13NO2. The summed E-state index contributed by atoms with van der Waals surface area (Å²) < 4.78 is 0. The first kappa shape index (κ1) is 10.7. The van der Waals surface area contributed by atoms with E-state index in [2.05, 4.69) is 11.2 Å². The largest absolute Gasteiger partial charge is 0.348 e. The van der Waals surface area contributed by atoms with Crippen molar-refractivity contribution >= 4 is 11.7 Å². The molecule has 0 radical (unpaired) electrons. The van der Waals surface area contributed by atoms with Gasteiger partial charge in [-0.1, -0.05) is 19.8 Å². The van der Waals surface area contributed by atoms with Crippen LogP contribution in [-0.2, 0) is 9.59 Å². The van der Waals surface area contributed by atoms with Gasteiger partial charge >= 0.3 is 0 Å². The van der Waals surface area contributed by atoms with E-state index >= 15 is 0 Å². The minimum atomic E-state index is -0.272. The summed E-state index contributed by atoms with van der Waals surface area (Å²) in [6.07, 6.45) is 4.93. The topological polar surface area (TPSA) is 46.2 Å². The molecule has 0 fully saturated rings. The van der Waals surface area contributed by atoms with E-state index in [1.54, 1.807) is 13.8 Å². The third kappa shape index (κ3) is 4.51. The van der Waals surface area contributed by atoms with Gasteiger partial charge in [0, 0.05) is 5.92 Å². The van der Waals surface area contributed by atoms with Crippen LogP contribution in [0.25, 0.3) is 0 Å². The number of carbonyl (C=O) groups excluding carboxylic acids is 2. The summed E-state index contributed by atoms with van der Waals surface area (Å²) in [5, 5.41) is 2.43. The Morgan fingerprint density at radius 2 is 2.08 bits per heavy atom. The van der Waals surface area contributed by atoms with Crippen molar-refractivity contribution in [2.45, 2.75) is 20.3 Å². The number of rotatable bonds is 4. The molecule has 0 aliphatic rings. The third-order valence-electron chi connectivity index (χ3n) is 1.37. The summed E-state index contributed by atoms with van der Waals surface area (Å²) in [4.78, 5) is 21.7. The number of terminal acetylenes is 1. The molecule has 1 amide bonds.